The Morgan fingerprint density at radius 1 is 0.958 bits per heavy atom. The van der Waals surface area contributed by atoms with Gasteiger partial charge >= 0.3 is 12.1 Å². The summed E-state index contributed by atoms with van der Waals surface area (Å²) in [6.07, 6.45) is -2.46. The Morgan fingerprint density at radius 3 is 2.08 bits per heavy atom. The lowest BCUT2D eigenvalue weighted by Crippen LogP contribution is -2.32. The van der Waals surface area contributed by atoms with Crippen LogP contribution in [0.15, 0.2) is 42.5 Å². The Hall–Kier alpha value is -3.16. The third-order valence-electron chi connectivity index (χ3n) is 2.95. The molecule has 0 fully saturated rings. The van der Waals surface area contributed by atoms with Crippen LogP contribution in [-0.4, -0.2) is 33.4 Å². The molecule has 8 heteroatoms. The molecule has 1 atom stereocenters. The molecule has 1 aromatic heterocycles. The molecule has 0 saturated heterocycles. The van der Waals surface area contributed by atoms with Gasteiger partial charge in [0.05, 0.1) is 5.56 Å². The number of carbonyl (C=O) groups is 2. The second-order valence-corrected chi connectivity index (χ2v) is 5.19. The smallest absolute Gasteiger partial charge is 0.492 e. The number of rotatable bonds is 5. The number of hydrogen-bond acceptors (Lipinski definition) is 7. The van der Waals surface area contributed by atoms with E-state index in [2.05, 4.69) is 4.84 Å². The lowest BCUT2D eigenvalue weighted by atomic mass is 10.2. The van der Waals surface area contributed by atoms with E-state index >= 15 is 0 Å². The fourth-order valence-electron chi connectivity index (χ4n) is 1.73. The predicted octanol–water partition coefficient (Wildman–Crippen LogP) is 2.30. The number of aromatic hydroxyl groups is 2. The summed E-state index contributed by atoms with van der Waals surface area (Å²) in [5.41, 5.74) is 0.306. The molecule has 2 aromatic rings. The predicted molar refractivity (Wildman–Crippen MR) is 81.3 cm³/mol. The monoisotopic (exact) mass is 335 g/mol. The number of esters is 1. The summed E-state index contributed by atoms with van der Waals surface area (Å²) in [6, 6.07) is 10.5. The van der Waals surface area contributed by atoms with Gasteiger partial charge in [-0.25, -0.2) is 9.59 Å². The van der Waals surface area contributed by atoms with Gasteiger partial charge in [0.1, 0.15) is 0 Å². The third kappa shape index (κ3) is 4.19. The second-order valence-electron chi connectivity index (χ2n) is 5.19. The molecule has 0 aliphatic carbocycles. The highest BCUT2D eigenvalue weighted by atomic mass is 16.9. The summed E-state index contributed by atoms with van der Waals surface area (Å²) >= 11 is 0. The maximum Gasteiger partial charge on any atom is 0.537 e. The van der Waals surface area contributed by atoms with Crippen molar-refractivity contribution in [2.45, 2.75) is 20.1 Å². The molecular formula is C16H17NO7. The molecule has 128 valence electrons. The van der Waals surface area contributed by atoms with E-state index in [4.69, 9.17) is 9.47 Å². The highest BCUT2D eigenvalue weighted by Crippen LogP contribution is 2.19. The zero-order valence-corrected chi connectivity index (χ0v) is 13.1. The summed E-state index contributed by atoms with van der Waals surface area (Å²) in [5, 5.41) is 18.8. The minimum absolute atomic E-state index is 0.306. The van der Waals surface area contributed by atoms with Gasteiger partial charge in [0.15, 0.2) is 0 Å². The molecule has 0 saturated carbocycles. The number of benzene rings is 1. The lowest BCUT2D eigenvalue weighted by Gasteiger charge is -2.21. The molecule has 0 bridgehead atoms. The first-order chi connectivity index (χ1) is 11.4. The van der Waals surface area contributed by atoms with E-state index in [0.717, 1.165) is 12.1 Å². The highest BCUT2D eigenvalue weighted by molar-refractivity contribution is 5.89. The highest BCUT2D eigenvalue weighted by Gasteiger charge is 2.25. The Labute approximate surface area is 137 Å². The topological polar surface area (TPSA) is 107 Å². The lowest BCUT2D eigenvalue weighted by molar-refractivity contribution is -0.116. The number of nitrogens with zero attached hydrogens (tertiary/aromatic N) is 1. The normalized spacial score (nSPS) is 11.8. The van der Waals surface area contributed by atoms with Crippen LogP contribution in [0.25, 0.3) is 0 Å². The van der Waals surface area contributed by atoms with Crippen molar-refractivity contribution in [3.63, 3.8) is 0 Å². The van der Waals surface area contributed by atoms with Gasteiger partial charge in [0.25, 0.3) is 6.29 Å². The molecule has 0 aliphatic heterocycles. The maximum absolute atomic E-state index is 12.0. The van der Waals surface area contributed by atoms with Crippen molar-refractivity contribution in [3.8, 4) is 11.8 Å². The Balaban J connectivity index is 2.01. The first kappa shape index (κ1) is 17.2. The van der Waals surface area contributed by atoms with Crippen molar-refractivity contribution in [2.75, 3.05) is 0 Å². The summed E-state index contributed by atoms with van der Waals surface area (Å²) in [7, 11) is 0. The first-order valence-corrected chi connectivity index (χ1v) is 7.13. The number of ether oxygens (including phenoxy) is 2. The summed E-state index contributed by atoms with van der Waals surface area (Å²) in [6.45, 7) is 3.36. The molecule has 0 spiro atoms. The van der Waals surface area contributed by atoms with E-state index in [1.807, 2.05) is 0 Å². The van der Waals surface area contributed by atoms with Crippen LogP contribution < -0.4 is 4.84 Å². The molecule has 0 radical (unpaired) electrons. The van der Waals surface area contributed by atoms with E-state index in [-0.39, 0.29) is 5.92 Å². The minimum atomic E-state index is -1.25. The zero-order valence-electron chi connectivity index (χ0n) is 13.1. The number of hydrogen-bond donors (Lipinski definition) is 2. The molecule has 0 amide bonds. The number of carbonyl (C=O) groups excluding carboxylic acids is 2. The van der Waals surface area contributed by atoms with Crippen LogP contribution >= 0.6 is 0 Å². The van der Waals surface area contributed by atoms with Crippen LogP contribution in [0, 0.1) is 5.92 Å². The van der Waals surface area contributed by atoms with Crippen molar-refractivity contribution in [1.29, 1.82) is 0 Å². The van der Waals surface area contributed by atoms with Crippen molar-refractivity contribution in [2.24, 2.45) is 5.92 Å². The van der Waals surface area contributed by atoms with Gasteiger partial charge in [-0.3, -0.25) is 4.84 Å². The number of aromatic nitrogens is 1. The van der Waals surface area contributed by atoms with Crippen LogP contribution in [0.2, 0.25) is 0 Å². The summed E-state index contributed by atoms with van der Waals surface area (Å²) in [4.78, 5) is 28.4. The average Bonchev–Trinajstić information content (AvgIpc) is 2.86. The van der Waals surface area contributed by atoms with E-state index in [0.29, 0.717) is 10.3 Å². The third-order valence-corrected chi connectivity index (χ3v) is 2.95. The van der Waals surface area contributed by atoms with Crippen LogP contribution in [0.5, 0.6) is 11.8 Å². The van der Waals surface area contributed by atoms with Crippen LogP contribution in [0.4, 0.5) is 4.79 Å². The van der Waals surface area contributed by atoms with Gasteiger partial charge in [-0.1, -0.05) is 32.0 Å². The molecule has 1 heterocycles. The fraction of sp³-hybridized carbons (Fsp3) is 0.250. The maximum atomic E-state index is 12.0. The van der Waals surface area contributed by atoms with Crippen LogP contribution in [0.3, 0.4) is 0 Å². The quantitative estimate of drug-likeness (QED) is 0.637. The molecule has 8 nitrogen and oxygen atoms in total. The Morgan fingerprint density at radius 2 is 1.54 bits per heavy atom. The van der Waals surface area contributed by atoms with Gasteiger partial charge in [-0.15, -0.1) is 4.73 Å². The molecule has 1 unspecified atom stereocenters. The first-order valence-electron chi connectivity index (χ1n) is 7.13. The van der Waals surface area contributed by atoms with Crippen LogP contribution in [0.1, 0.15) is 24.2 Å². The molecule has 2 rings (SSSR count). The van der Waals surface area contributed by atoms with Crippen molar-refractivity contribution in [3.05, 3.63) is 48.0 Å². The molecule has 24 heavy (non-hydrogen) atoms. The standard InChI is InChI=1S/C16H17NO7/c1-10(2)15(22-14(20)11-6-4-3-5-7-11)23-16(21)24-17-12(18)8-9-13(17)19/h3-10,15,18-19H,1-2H3. The van der Waals surface area contributed by atoms with Gasteiger partial charge in [-0.05, 0) is 12.1 Å². The Bertz CT molecular complexity index is 689. The van der Waals surface area contributed by atoms with Gasteiger partial charge < -0.3 is 19.7 Å². The van der Waals surface area contributed by atoms with E-state index < -0.39 is 30.2 Å². The summed E-state index contributed by atoms with van der Waals surface area (Å²) in [5.74, 6) is -2.00. The van der Waals surface area contributed by atoms with E-state index in [1.54, 1.807) is 44.2 Å². The van der Waals surface area contributed by atoms with Gasteiger partial charge in [-0.2, -0.15) is 0 Å². The van der Waals surface area contributed by atoms with Crippen molar-refractivity contribution >= 4 is 12.1 Å². The molecule has 1 aromatic carbocycles. The molecular weight excluding hydrogens is 318 g/mol. The molecule has 0 aliphatic rings. The molecule has 2 N–H and O–H groups in total. The SMILES string of the molecule is CC(C)C(OC(=O)On1c(O)ccc1O)OC(=O)c1ccccc1. The van der Waals surface area contributed by atoms with Crippen LogP contribution in [-0.2, 0) is 9.47 Å². The summed E-state index contributed by atoms with van der Waals surface area (Å²) < 4.78 is 10.6. The second kappa shape index (κ2) is 7.40. The van der Waals surface area contributed by atoms with Gasteiger partial charge in [0, 0.05) is 18.1 Å². The van der Waals surface area contributed by atoms with Crippen molar-refractivity contribution < 1.29 is 34.1 Å². The van der Waals surface area contributed by atoms with E-state index in [9.17, 15) is 19.8 Å². The van der Waals surface area contributed by atoms with Crippen molar-refractivity contribution in [1.82, 2.24) is 4.73 Å². The Kier molecular flexibility index (Phi) is 5.31. The minimum Gasteiger partial charge on any atom is -0.492 e. The van der Waals surface area contributed by atoms with E-state index in [1.165, 1.54) is 0 Å². The average molecular weight is 335 g/mol. The fourth-order valence-corrected chi connectivity index (χ4v) is 1.73. The van der Waals surface area contributed by atoms with Gasteiger partial charge in [0.2, 0.25) is 11.8 Å². The largest absolute Gasteiger partial charge is 0.537 e. The zero-order chi connectivity index (χ0) is 17.7.